The van der Waals surface area contributed by atoms with Gasteiger partial charge in [-0.05, 0) is 54.4 Å². The van der Waals surface area contributed by atoms with Gasteiger partial charge in [-0.2, -0.15) is 0 Å². The van der Waals surface area contributed by atoms with Gasteiger partial charge in [-0.15, -0.1) is 4.91 Å². The molecule has 6 heteroatoms. The minimum Gasteiger partial charge on any atom is -0.338 e. The number of nitro groups is 1. The topological polar surface area (TPSA) is 75.8 Å². The first-order chi connectivity index (χ1) is 10.1. The molecule has 1 unspecified atom stereocenters. The third kappa shape index (κ3) is 2.24. The molecule has 2 aromatic carbocycles. The van der Waals surface area contributed by atoms with Crippen LogP contribution in [-0.2, 0) is 6.42 Å². The Morgan fingerprint density at radius 3 is 2.57 bits per heavy atom. The van der Waals surface area contributed by atoms with E-state index >= 15 is 0 Å². The van der Waals surface area contributed by atoms with Crippen LogP contribution in [0.4, 0.5) is 22.7 Å². The summed E-state index contributed by atoms with van der Waals surface area (Å²) in [5, 5.41) is 13.7. The van der Waals surface area contributed by atoms with Crippen molar-refractivity contribution in [2.45, 2.75) is 19.4 Å². The molecule has 0 saturated carbocycles. The van der Waals surface area contributed by atoms with Gasteiger partial charge < -0.3 is 4.90 Å². The van der Waals surface area contributed by atoms with E-state index in [1.165, 1.54) is 6.07 Å². The first-order valence-electron chi connectivity index (χ1n) is 6.60. The molecule has 21 heavy (non-hydrogen) atoms. The predicted molar refractivity (Wildman–Crippen MR) is 80.3 cm³/mol. The third-order valence-corrected chi connectivity index (χ3v) is 3.72. The highest BCUT2D eigenvalue weighted by atomic mass is 16.6. The molecule has 0 saturated heterocycles. The van der Waals surface area contributed by atoms with Crippen molar-refractivity contribution < 1.29 is 4.92 Å². The molecule has 0 bridgehead atoms. The van der Waals surface area contributed by atoms with E-state index < -0.39 is 0 Å². The molecular weight excluding hydrogens is 270 g/mol. The molecule has 3 rings (SSSR count). The number of benzene rings is 2. The molecule has 1 aliphatic rings. The monoisotopic (exact) mass is 283 g/mol. The second-order valence-corrected chi connectivity index (χ2v) is 5.10. The normalized spacial score (nSPS) is 16.6. The molecule has 0 N–H and O–H groups in total. The van der Waals surface area contributed by atoms with Gasteiger partial charge in [-0.3, -0.25) is 10.1 Å². The van der Waals surface area contributed by atoms with Crippen LogP contribution < -0.4 is 4.90 Å². The van der Waals surface area contributed by atoms with Crippen LogP contribution in [0.25, 0.3) is 0 Å². The van der Waals surface area contributed by atoms with E-state index in [9.17, 15) is 15.0 Å². The van der Waals surface area contributed by atoms with E-state index in [0.717, 1.165) is 23.4 Å². The van der Waals surface area contributed by atoms with Gasteiger partial charge in [0.25, 0.3) is 5.69 Å². The van der Waals surface area contributed by atoms with Crippen molar-refractivity contribution in [3.05, 3.63) is 63.0 Å². The number of hydrogen-bond donors (Lipinski definition) is 0. The van der Waals surface area contributed by atoms with Gasteiger partial charge >= 0.3 is 0 Å². The predicted octanol–water partition coefficient (Wildman–Crippen LogP) is 4.08. The Bertz CT molecular complexity index is 713. The minimum absolute atomic E-state index is 0.114. The van der Waals surface area contributed by atoms with Crippen molar-refractivity contribution in [1.29, 1.82) is 0 Å². The highest BCUT2D eigenvalue weighted by Crippen LogP contribution is 2.40. The van der Waals surface area contributed by atoms with E-state index in [-0.39, 0.29) is 16.7 Å². The van der Waals surface area contributed by atoms with Crippen LogP contribution in [0.2, 0.25) is 0 Å². The van der Waals surface area contributed by atoms with Gasteiger partial charge in [-0.1, -0.05) is 0 Å². The summed E-state index contributed by atoms with van der Waals surface area (Å²) < 4.78 is 0. The van der Waals surface area contributed by atoms with Crippen molar-refractivity contribution in [2.24, 2.45) is 5.18 Å². The summed E-state index contributed by atoms with van der Waals surface area (Å²) in [6, 6.07) is 12.1. The van der Waals surface area contributed by atoms with Gasteiger partial charge in [0.2, 0.25) is 0 Å². The number of anilines is 2. The summed E-state index contributed by atoms with van der Waals surface area (Å²) >= 11 is 0. The van der Waals surface area contributed by atoms with Crippen LogP contribution in [-0.4, -0.2) is 11.0 Å². The molecule has 0 amide bonds. The highest BCUT2D eigenvalue weighted by molar-refractivity contribution is 5.73. The summed E-state index contributed by atoms with van der Waals surface area (Å²) in [5.41, 5.74) is 3.38. The summed E-state index contributed by atoms with van der Waals surface area (Å²) in [6.07, 6.45) is 0.755. The van der Waals surface area contributed by atoms with Crippen LogP contribution >= 0.6 is 0 Å². The van der Waals surface area contributed by atoms with Gasteiger partial charge in [0.15, 0.2) is 0 Å². The number of nitroso groups, excluding NO2 is 1. The molecule has 1 atom stereocenters. The van der Waals surface area contributed by atoms with Crippen molar-refractivity contribution in [1.82, 2.24) is 0 Å². The smallest absolute Gasteiger partial charge is 0.269 e. The molecule has 0 fully saturated rings. The van der Waals surface area contributed by atoms with E-state index in [0.29, 0.717) is 5.69 Å². The number of fused-ring (bicyclic) bond motifs is 1. The van der Waals surface area contributed by atoms with Crippen molar-refractivity contribution >= 4 is 22.7 Å². The van der Waals surface area contributed by atoms with E-state index in [4.69, 9.17) is 0 Å². The summed E-state index contributed by atoms with van der Waals surface area (Å²) in [7, 11) is 0. The molecule has 106 valence electrons. The lowest BCUT2D eigenvalue weighted by molar-refractivity contribution is -0.384. The molecule has 6 nitrogen and oxygen atoms in total. The largest absolute Gasteiger partial charge is 0.338 e. The van der Waals surface area contributed by atoms with Gasteiger partial charge in [-0.25, -0.2) is 0 Å². The lowest BCUT2D eigenvalue weighted by Crippen LogP contribution is -2.23. The zero-order chi connectivity index (χ0) is 15.0. The second kappa shape index (κ2) is 4.97. The number of nitro benzene ring substituents is 1. The summed E-state index contributed by atoms with van der Waals surface area (Å²) in [6.45, 7) is 2.07. The molecular formula is C15H13N3O3. The number of hydrogen-bond acceptors (Lipinski definition) is 5. The summed E-state index contributed by atoms with van der Waals surface area (Å²) in [4.78, 5) is 23.1. The zero-order valence-electron chi connectivity index (χ0n) is 11.4. The second-order valence-electron chi connectivity index (χ2n) is 5.10. The maximum atomic E-state index is 10.9. The fraction of sp³-hybridized carbons (Fsp3) is 0.200. The fourth-order valence-corrected chi connectivity index (χ4v) is 2.80. The van der Waals surface area contributed by atoms with E-state index in [1.807, 2.05) is 12.1 Å². The number of non-ortho nitro benzene ring substituents is 1. The maximum Gasteiger partial charge on any atom is 0.269 e. The Balaban J connectivity index is 2.01. The molecule has 2 aromatic rings. The molecule has 0 spiro atoms. The van der Waals surface area contributed by atoms with Crippen LogP contribution in [0.1, 0.15) is 12.5 Å². The van der Waals surface area contributed by atoms with Crippen LogP contribution in [0.3, 0.4) is 0 Å². The van der Waals surface area contributed by atoms with Crippen molar-refractivity contribution in [3.8, 4) is 0 Å². The molecule has 0 aromatic heterocycles. The third-order valence-electron chi connectivity index (χ3n) is 3.72. The van der Waals surface area contributed by atoms with Crippen LogP contribution in [0.5, 0.6) is 0 Å². The average molecular weight is 283 g/mol. The Morgan fingerprint density at radius 1 is 1.24 bits per heavy atom. The SMILES string of the molecule is CC1Cc2cc([N+](=O)[O-])ccc2N1c1ccc(N=O)cc1. The maximum absolute atomic E-state index is 10.9. The van der Waals surface area contributed by atoms with E-state index in [2.05, 4.69) is 17.0 Å². The van der Waals surface area contributed by atoms with Gasteiger partial charge in [0, 0.05) is 29.5 Å². The molecule has 1 aliphatic heterocycles. The standard InChI is InChI=1S/C15H13N3O3/c1-10-8-11-9-14(18(20)21)6-7-15(11)17(10)13-4-2-12(16-19)3-5-13/h2-7,9-10H,8H2,1H3. The lowest BCUT2D eigenvalue weighted by atomic mass is 10.1. The summed E-state index contributed by atoms with van der Waals surface area (Å²) in [5.74, 6) is 0. The lowest BCUT2D eigenvalue weighted by Gasteiger charge is -2.25. The zero-order valence-corrected chi connectivity index (χ0v) is 11.4. The number of rotatable bonds is 3. The molecule has 0 radical (unpaired) electrons. The highest BCUT2D eigenvalue weighted by Gasteiger charge is 2.28. The average Bonchev–Trinajstić information content (AvgIpc) is 2.82. The first-order valence-corrected chi connectivity index (χ1v) is 6.60. The molecule has 0 aliphatic carbocycles. The first kappa shape index (κ1) is 13.2. The fourth-order valence-electron chi connectivity index (χ4n) is 2.80. The Kier molecular flexibility index (Phi) is 3.13. The van der Waals surface area contributed by atoms with Crippen LogP contribution in [0.15, 0.2) is 47.6 Å². The Labute approximate surface area is 121 Å². The molecule has 1 heterocycles. The van der Waals surface area contributed by atoms with Crippen LogP contribution in [0, 0.1) is 15.0 Å². The Hall–Kier alpha value is -2.76. The van der Waals surface area contributed by atoms with Crippen molar-refractivity contribution in [2.75, 3.05) is 4.90 Å². The van der Waals surface area contributed by atoms with E-state index in [1.54, 1.807) is 24.3 Å². The van der Waals surface area contributed by atoms with Gasteiger partial charge in [0.05, 0.1) is 4.92 Å². The minimum atomic E-state index is -0.377. The van der Waals surface area contributed by atoms with Gasteiger partial charge in [0.1, 0.15) is 5.69 Å². The Morgan fingerprint density at radius 2 is 1.95 bits per heavy atom. The quantitative estimate of drug-likeness (QED) is 0.483. The van der Waals surface area contributed by atoms with Crippen molar-refractivity contribution in [3.63, 3.8) is 0 Å². The number of nitrogens with zero attached hydrogens (tertiary/aromatic N) is 3.